The summed E-state index contributed by atoms with van der Waals surface area (Å²) in [5.74, 6) is 1.38. The Labute approximate surface area is 147 Å². The van der Waals surface area contributed by atoms with Crippen LogP contribution in [0.25, 0.3) is 11.3 Å². The number of carbonyl (C=O) groups is 1. The van der Waals surface area contributed by atoms with Gasteiger partial charge in [0.25, 0.3) is 0 Å². The van der Waals surface area contributed by atoms with Gasteiger partial charge in [0, 0.05) is 17.8 Å². The van der Waals surface area contributed by atoms with Crippen LogP contribution in [-0.4, -0.2) is 35.8 Å². The largest absolute Gasteiger partial charge is 0.493 e. The number of methoxy groups -OCH3 is 1. The number of hydrogen-bond donors (Lipinski definition) is 2. The van der Waals surface area contributed by atoms with E-state index in [1.807, 2.05) is 31.2 Å². The van der Waals surface area contributed by atoms with Crippen LogP contribution in [-0.2, 0) is 4.74 Å². The third-order valence-electron chi connectivity index (χ3n) is 3.51. The van der Waals surface area contributed by atoms with E-state index in [2.05, 4.69) is 26.9 Å². The smallest absolute Gasteiger partial charge is 0.413 e. The quantitative estimate of drug-likeness (QED) is 0.801. The molecule has 7 nitrogen and oxygen atoms in total. The molecule has 25 heavy (non-hydrogen) atoms. The third kappa shape index (κ3) is 6.04. The Bertz CT molecular complexity index is 689. The van der Waals surface area contributed by atoms with Gasteiger partial charge in [0.15, 0.2) is 0 Å². The van der Waals surface area contributed by atoms with Crippen LogP contribution in [0.1, 0.15) is 20.3 Å². The topological polar surface area (TPSA) is 99.4 Å². The molecule has 0 aliphatic rings. The second kappa shape index (κ2) is 8.98. The molecule has 2 rings (SSSR count). The fourth-order valence-electron chi connectivity index (χ4n) is 2.39. The van der Waals surface area contributed by atoms with Crippen molar-refractivity contribution in [1.29, 1.82) is 0 Å². The highest BCUT2D eigenvalue weighted by Gasteiger charge is 2.08. The molecule has 3 N–H and O–H groups in total. The molecule has 1 heterocycles. The fraction of sp³-hybridized carbons (Fsp3) is 0.389. The van der Waals surface area contributed by atoms with Gasteiger partial charge in [-0.25, -0.2) is 14.8 Å². The number of rotatable bonds is 7. The maximum atomic E-state index is 11.2. The molecule has 2 atom stereocenters. The van der Waals surface area contributed by atoms with E-state index in [-0.39, 0.29) is 12.0 Å². The zero-order chi connectivity index (χ0) is 18.2. The molecule has 1 amide bonds. The van der Waals surface area contributed by atoms with E-state index in [1.165, 1.54) is 7.11 Å². The first-order valence-electron chi connectivity index (χ1n) is 8.14. The van der Waals surface area contributed by atoms with E-state index in [0.29, 0.717) is 18.2 Å². The first kappa shape index (κ1) is 18.7. The Morgan fingerprint density at radius 2 is 1.96 bits per heavy atom. The first-order chi connectivity index (χ1) is 12.0. The number of nitrogens with one attached hydrogen (secondary N) is 1. The van der Waals surface area contributed by atoms with Crippen LogP contribution >= 0.6 is 0 Å². The van der Waals surface area contributed by atoms with Crippen molar-refractivity contribution in [2.75, 3.05) is 19.0 Å². The minimum Gasteiger partial charge on any atom is -0.493 e. The third-order valence-corrected chi connectivity index (χ3v) is 3.51. The number of nitrogens with zero attached hydrogens (tertiary/aromatic N) is 2. The summed E-state index contributed by atoms with van der Waals surface area (Å²) in [6.45, 7) is 4.74. The number of hydrogen-bond acceptors (Lipinski definition) is 6. The zero-order valence-electron chi connectivity index (χ0n) is 14.7. The Hall–Kier alpha value is -2.67. The van der Waals surface area contributed by atoms with Crippen LogP contribution in [0.2, 0.25) is 0 Å². The molecule has 2 aromatic rings. The number of benzene rings is 1. The normalized spacial score (nSPS) is 13.0. The summed E-state index contributed by atoms with van der Waals surface area (Å²) in [6.07, 6.45) is 1.89. The number of amides is 1. The molecular weight excluding hydrogens is 320 g/mol. The molecule has 134 valence electrons. The molecule has 0 saturated carbocycles. The first-order valence-corrected chi connectivity index (χ1v) is 8.14. The summed E-state index contributed by atoms with van der Waals surface area (Å²) in [7, 11) is 1.28. The molecule has 0 bridgehead atoms. The van der Waals surface area contributed by atoms with Crippen molar-refractivity contribution in [3.63, 3.8) is 0 Å². The predicted octanol–water partition coefficient (Wildman–Crippen LogP) is 3.07. The average molecular weight is 344 g/mol. The number of ether oxygens (including phenoxy) is 2. The van der Waals surface area contributed by atoms with Crippen molar-refractivity contribution in [2.24, 2.45) is 11.7 Å². The lowest BCUT2D eigenvalue weighted by Gasteiger charge is -2.15. The Balaban J connectivity index is 2.00. The van der Waals surface area contributed by atoms with Crippen LogP contribution < -0.4 is 15.8 Å². The van der Waals surface area contributed by atoms with E-state index in [4.69, 9.17) is 10.5 Å². The van der Waals surface area contributed by atoms with Crippen LogP contribution in [0, 0.1) is 5.92 Å². The molecule has 2 unspecified atom stereocenters. The molecule has 0 aliphatic carbocycles. The van der Waals surface area contributed by atoms with Crippen LogP contribution in [0.5, 0.6) is 5.75 Å². The summed E-state index contributed by atoms with van der Waals surface area (Å²) in [5, 5.41) is 2.44. The van der Waals surface area contributed by atoms with Gasteiger partial charge in [0.1, 0.15) is 5.75 Å². The van der Waals surface area contributed by atoms with E-state index in [9.17, 15) is 4.79 Å². The van der Waals surface area contributed by atoms with Gasteiger partial charge in [-0.15, -0.1) is 0 Å². The van der Waals surface area contributed by atoms with Gasteiger partial charge in [-0.3, -0.25) is 5.32 Å². The van der Waals surface area contributed by atoms with Gasteiger partial charge >= 0.3 is 6.09 Å². The van der Waals surface area contributed by atoms with Gasteiger partial charge in [0.2, 0.25) is 5.95 Å². The van der Waals surface area contributed by atoms with E-state index >= 15 is 0 Å². The summed E-state index contributed by atoms with van der Waals surface area (Å²) in [5.41, 5.74) is 7.38. The standard InChI is InChI=1S/C18H24N4O3/c1-12(10-13(2)19)11-25-15-6-4-14(5-7-15)16-8-9-20-17(21-16)22-18(23)24-3/h4-9,12-13H,10-11,19H2,1-3H3,(H,20,21,22,23). The van der Waals surface area contributed by atoms with Crippen molar-refractivity contribution < 1.29 is 14.3 Å². The minimum atomic E-state index is -0.609. The summed E-state index contributed by atoms with van der Waals surface area (Å²) in [4.78, 5) is 19.5. The highest BCUT2D eigenvalue weighted by Crippen LogP contribution is 2.22. The van der Waals surface area contributed by atoms with Crippen molar-refractivity contribution in [1.82, 2.24) is 9.97 Å². The molecule has 0 spiro atoms. The van der Waals surface area contributed by atoms with Gasteiger partial charge in [-0.1, -0.05) is 6.92 Å². The number of anilines is 1. The van der Waals surface area contributed by atoms with Crippen LogP contribution in [0.4, 0.5) is 10.7 Å². The molecule has 0 saturated heterocycles. The minimum absolute atomic E-state index is 0.173. The Kier molecular flexibility index (Phi) is 6.71. The highest BCUT2D eigenvalue weighted by atomic mass is 16.5. The summed E-state index contributed by atoms with van der Waals surface area (Å²) < 4.78 is 10.3. The van der Waals surface area contributed by atoms with Gasteiger partial charge < -0.3 is 15.2 Å². The maximum absolute atomic E-state index is 11.2. The van der Waals surface area contributed by atoms with E-state index < -0.39 is 6.09 Å². The van der Waals surface area contributed by atoms with Crippen molar-refractivity contribution in [3.05, 3.63) is 36.5 Å². The maximum Gasteiger partial charge on any atom is 0.413 e. The lowest BCUT2D eigenvalue weighted by atomic mass is 10.0. The molecule has 7 heteroatoms. The summed E-state index contributed by atoms with van der Waals surface area (Å²) in [6, 6.07) is 9.55. The second-order valence-electron chi connectivity index (χ2n) is 6.04. The lowest BCUT2D eigenvalue weighted by Crippen LogP contribution is -2.21. The van der Waals surface area contributed by atoms with Crippen molar-refractivity contribution in [2.45, 2.75) is 26.3 Å². The van der Waals surface area contributed by atoms with Crippen LogP contribution in [0.3, 0.4) is 0 Å². The van der Waals surface area contributed by atoms with Gasteiger partial charge in [-0.05, 0) is 49.6 Å². The SMILES string of the molecule is COC(=O)Nc1nccc(-c2ccc(OCC(C)CC(C)N)cc2)n1. The van der Waals surface area contributed by atoms with Gasteiger partial charge in [0.05, 0.1) is 19.4 Å². The van der Waals surface area contributed by atoms with E-state index in [0.717, 1.165) is 17.7 Å². The second-order valence-corrected chi connectivity index (χ2v) is 6.04. The monoisotopic (exact) mass is 344 g/mol. The Morgan fingerprint density at radius 3 is 2.60 bits per heavy atom. The molecule has 1 aromatic heterocycles. The number of nitrogens with two attached hydrogens (primary N) is 1. The molecule has 0 aliphatic heterocycles. The number of carbonyl (C=O) groups excluding carboxylic acids is 1. The molecule has 0 radical (unpaired) electrons. The lowest BCUT2D eigenvalue weighted by molar-refractivity contribution is 0.186. The summed E-state index contributed by atoms with van der Waals surface area (Å²) >= 11 is 0. The molecule has 0 fully saturated rings. The number of aromatic nitrogens is 2. The predicted molar refractivity (Wildman–Crippen MR) is 96.4 cm³/mol. The molecule has 1 aromatic carbocycles. The molecular formula is C18H24N4O3. The fourth-order valence-corrected chi connectivity index (χ4v) is 2.39. The highest BCUT2D eigenvalue weighted by molar-refractivity contribution is 5.82. The van der Waals surface area contributed by atoms with E-state index in [1.54, 1.807) is 12.3 Å². The van der Waals surface area contributed by atoms with Crippen molar-refractivity contribution >= 4 is 12.0 Å². The average Bonchev–Trinajstić information content (AvgIpc) is 2.60. The zero-order valence-corrected chi connectivity index (χ0v) is 14.7. The Morgan fingerprint density at radius 1 is 1.24 bits per heavy atom. The van der Waals surface area contributed by atoms with Gasteiger partial charge in [-0.2, -0.15) is 0 Å². The van der Waals surface area contributed by atoms with Crippen LogP contribution in [0.15, 0.2) is 36.5 Å². The van der Waals surface area contributed by atoms with Crippen molar-refractivity contribution in [3.8, 4) is 17.0 Å².